The molecule has 126 valence electrons. The van der Waals surface area contributed by atoms with E-state index in [1.54, 1.807) is 0 Å². The van der Waals surface area contributed by atoms with E-state index in [-0.39, 0.29) is 0 Å². The number of fused-ring (bicyclic) bond motifs is 1. The number of likely N-dealkylation sites (tertiary alicyclic amines) is 1. The standard InChI is InChI=1S/C19H20N6/c20-12-14-1-3-15(4-2-14)13-25-9-7-16(8-10-25)21-17-5-6-18-19(11-17)23-24-22-18/h1-6,11,16,21H,7-10,13H2,(H,22,23,24). The van der Waals surface area contributed by atoms with Crippen molar-refractivity contribution in [3.05, 3.63) is 53.6 Å². The van der Waals surface area contributed by atoms with E-state index in [9.17, 15) is 0 Å². The molecule has 1 aromatic heterocycles. The molecule has 6 heteroatoms. The van der Waals surface area contributed by atoms with Crippen molar-refractivity contribution in [2.24, 2.45) is 0 Å². The molecule has 1 saturated heterocycles. The highest BCUT2D eigenvalue weighted by Gasteiger charge is 2.19. The van der Waals surface area contributed by atoms with Crippen LogP contribution < -0.4 is 5.32 Å². The highest BCUT2D eigenvalue weighted by atomic mass is 15.3. The monoisotopic (exact) mass is 332 g/mol. The molecule has 6 nitrogen and oxygen atoms in total. The molecule has 2 aromatic carbocycles. The third-order valence-corrected chi connectivity index (χ3v) is 4.76. The third-order valence-electron chi connectivity index (χ3n) is 4.76. The van der Waals surface area contributed by atoms with Gasteiger partial charge in [0.15, 0.2) is 0 Å². The molecule has 4 rings (SSSR count). The van der Waals surface area contributed by atoms with E-state index in [1.807, 2.05) is 24.3 Å². The van der Waals surface area contributed by atoms with Crippen LogP contribution in [0.3, 0.4) is 0 Å². The second-order valence-corrected chi connectivity index (χ2v) is 6.53. The summed E-state index contributed by atoms with van der Waals surface area (Å²) in [6.45, 7) is 3.09. The molecule has 0 spiro atoms. The minimum Gasteiger partial charge on any atom is -0.382 e. The minimum atomic E-state index is 0.488. The lowest BCUT2D eigenvalue weighted by atomic mass is 10.0. The first-order chi connectivity index (χ1) is 12.3. The summed E-state index contributed by atoms with van der Waals surface area (Å²) in [6.07, 6.45) is 2.24. The number of nitriles is 1. The number of benzene rings is 2. The average Bonchev–Trinajstić information content (AvgIpc) is 3.12. The van der Waals surface area contributed by atoms with Gasteiger partial charge in [-0.05, 0) is 48.7 Å². The zero-order chi connectivity index (χ0) is 17.1. The fraction of sp³-hybridized carbons (Fsp3) is 0.316. The minimum absolute atomic E-state index is 0.488. The predicted molar refractivity (Wildman–Crippen MR) is 97.0 cm³/mol. The van der Waals surface area contributed by atoms with Crippen molar-refractivity contribution in [1.82, 2.24) is 20.3 Å². The molecule has 3 aromatic rings. The quantitative estimate of drug-likeness (QED) is 0.768. The van der Waals surface area contributed by atoms with Crippen molar-refractivity contribution in [2.75, 3.05) is 18.4 Å². The first-order valence-electron chi connectivity index (χ1n) is 8.58. The van der Waals surface area contributed by atoms with Crippen LogP contribution in [-0.2, 0) is 6.54 Å². The number of hydrogen-bond acceptors (Lipinski definition) is 5. The van der Waals surface area contributed by atoms with Gasteiger partial charge in [-0.1, -0.05) is 12.1 Å². The summed E-state index contributed by atoms with van der Waals surface area (Å²) in [5.74, 6) is 0. The Morgan fingerprint density at radius 2 is 1.84 bits per heavy atom. The van der Waals surface area contributed by atoms with E-state index < -0.39 is 0 Å². The Labute approximate surface area is 146 Å². The zero-order valence-corrected chi connectivity index (χ0v) is 13.9. The molecule has 0 saturated carbocycles. The number of aromatic amines is 1. The van der Waals surface area contributed by atoms with E-state index >= 15 is 0 Å². The molecule has 0 aliphatic carbocycles. The number of piperidine rings is 1. The summed E-state index contributed by atoms with van der Waals surface area (Å²) >= 11 is 0. The summed E-state index contributed by atoms with van der Waals surface area (Å²) in [4.78, 5) is 2.47. The van der Waals surface area contributed by atoms with Crippen LogP contribution in [0.15, 0.2) is 42.5 Å². The lowest BCUT2D eigenvalue weighted by molar-refractivity contribution is 0.211. The van der Waals surface area contributed by atoms with Crippen LogP contribution in [0.25, 0.3) is 11.0 Å². The van der Waals surface area contributed by atoms with Crippen molar-refractivity contribution in [2.45, 2.75) is 25.4 Å². The number of H-pyrrole nitrogens is 1. The van der Waals surface area contributed by atoms with Crippen LogP contribution in [0, 0.1) is 11.3 Å². The summed E-state index contributed by atoms with van der Waals surface area (Å²) in [5, 5.41) is 23.4. The molecule has 2 heterocycles. The smallest absolute Gasteiger partial charge is 0.115 e. The van der Waals surface area contributed by atoms with Gasteiger partial charge in [-0.3, -0.25) is 4.90 Å². The molecule has 0 radical (unpaired) electrons. The van der Waals surface area contributed by atoms with Gasteiger partial charge < -0.3 is 5.32 Å². The zero-order valence-electron chi connectivity index (χ0n) is 13.9. The van der Waals surface area contributed by atoms with Crippen LogP contribution in [0.1, 0.15) is 24.0 Å². The molecule has 1 aliphatic heterocycles. The van der Waals surface area contributed by atoms with Crippen LogP contribution in [0.5, 0.6) is 0 Å². The lowest BCUT2D eigenvalue weighted by Crippen LogP contribution is -2.38. The molecule has 0 atom stereocenters. The van der Waals surface area contributed by atoms with Gasteiger partial charge in [0, 0.05) is 31.4 Å². The topological polar surface area (TPSA) is 80.6 Å². The van der Waals surface area contributed by atoms with Gasteiger partial charge in [-0.25, -0.2) is 0 Å². The van der Waals surface area contributed by atoms with E-state index in [4.69, 9.17) is 5.26 Å². The Morgan fingerprint density at radius 1 is 1.08 bits per heavy atom. The maximum absolute atomic E-state index is 8.87. The highest BCUT2D eigenvalue weighted by Crippen LogP contribution is 2.20. The van der Waals surface area contributed by atoms with Crippen LogP contribution in [-0.4, -0.2) is 39.4 Å². The van der Waals surface area contributed by atoms with Gasteiger partial charge in [0.05, 0.1) is 11.6 Å². The number of nitrogens with one attached hydrogen (secondary N) is 2. The van der Waals surface area contributed by atoms with Crippen molar-refractivity contribution in [1.29, 1.82) is 5.26 Å². The fourth-order valence-electron chi connectivity index (χ4n) is 3.34. The number of hydrogen-bond donors (Lipinski definition) is 2. The predicted octanol–water partition coefficient (Wildman–Crippen LogP) is 2.91. The van der Waals surface area contributed by atoms with Crippen molar-refractivity contribution >= 4 is 16.7 Å². The Morgan fingerprint density at radius 3 is 2.60 bits per heavy atom. The average molecular weight is 332 g/mol. The Kier molecular flexibility index (Phi) is 4.32. The van der Waals surface area contributed by atoms with Crippen LogP contribution >= 0.6 is 0 Å². The maximum atomic E-state index is 8.87. The van der Waals surface area contributed by atoms with Crippen molar-refractivity contribution in [3.63, 3.8) is 0 Å². The van der Waals surface area contributed by atoms with E-state index in [0.29, 0.717) is 6.04 Å². The molecule has 1 aliphatic rings. The van der Waals surface area contributed by atoms with Gasteiger partial charge in [0.1, 0.15) is 11.0 Å². The molecular weight excluding hydrogens is 312 g/mol. The molecule has 0 unspecified atom stereocenters. The summed E-state index contributed by atoms with van der Waals surface area (Å²) < 4.78 is 0. The fourth-order valence-corrected chi connectivity index (χ4v) is 3.34. The molecular formula is C19H20N6. The van der Waals surface area contributed by atoms with Crippen LogP contribution in [0.4, 0.5) is 5.69 Å². The van der Waals surface area contributed by atoms with Gasteiger partial charge in [0.25, 0.3) is 0 Å². The highest BCUT2D eigenvalue weighted by molar-refractivity contribution is 5.77. The number of anilines is 1. The molecule has 0 amide bonds. The lowest BCUT2D eigenvalue weighted by Gasteiger charge is -2.32. The van der Waals surface area contributed by atoms with Gasteiger partial charge in [-0.2, -0.15) is 20.7 Å². The molecule has 25 heavy (non-hydrogen) atoms. The molecule has 1 fully saturated rings. The molecule has 2 N–H and O–H groups in total. The van der Waals surface area contributed by atoms with Gasteiger partial charge in [-0.15, -0.1) is 0 Å². The number of nitrogens with zero attached hydrogens (tertiary/aromatic N) is 4. The SMILES string of the molecule is N#Cc1ccc(CN2CCC(Nc3ccc4n[nH]nc4c3)CC2)cc1. The summed E-state index contributed by atoms with van der Waals surface area (Å²) in [6, 6.07) is 16.6. The summed E-state index contributed by atoms with van der Waals surface area (Å²) in [5.41, 5.74) is 4.87. The second-order valence-electron chi connectivity index (χ2n) is 6.53. The summed E-state index contributed by atoms with van der Waals surface area (Å²) in [7, 11) is 0. The van der Waals surface area contributed by atoms with E-state index in [1.165, 1.54) is 5.56 Å². The normalized spacial score (nSPS) is 16.0. The maximum Gasteiger partial charge on any atom is 0.115 e. The van der Waals surface area contributed by atoms with E-state index in [0.717, 1.165) is 54.8 Å². The Bertz CT molecular complexity index is 884. The number of aromatic nitrogens is 3. The van der Waals surface area contributed by atoms with Crippen molar-refractivity contribution < 1.29 is 0 Å². The van der Waals surface area contributed by atoms with E-state index in [2.05, 4.69) is 49.9 Å². The second kappa shape index (κ2) is 6.91. The first kappa shape index (κ1) is 15.6. The first-order valence-corrected chi connectivity index (χ1v) is 8.58. The van der Waals surface area contributed by atoms with Gasteiger partial charge >= 0.3 is 0 Å². The van der Waals surface area contributed by atoms with Crippen molar-refractivity contribution in [3.8, 4) is 6.07 Å². The Hall–Kier alpha value is -2.91. The van der Waals surface area contributed by atoms with Gasteiger partial charge in [0.2, 0.25) is 0 Å². The third kappa shape index (κ3) is 3.62. The number of rotatable bonds is 4. The largest absolute Gasteiger partial charge is 0.382 e. The Balaban J connectivity index is 1.30. The van der Waals surface area contributed by atoms with Crippen LogP contribution in [0.2, 0.25) is 0 Å². The molecule has 0 bridgehead atoms.